The molecule has 0 saturated carbocycles. The Bertz CT molecular complexity index is 1510. The van der Waals surface area contributed by atoms with Crippen LogP contribution in [0.2, 0.25) is 0 Å². The van der Waals surface area contributed by atoms with Crippen molar-refractivity contribution in [2.75, 3.05) is 13.2 Å². The summed E-state index contributed by atoms with van der Waals surface area (Å²) >= 11 is 0. The van der Waals surface area contributed by atoms with Crippen molar-refractivity contribution < 1.29 is 28.6 Å². The van der Waals surface area contributed by atoms with Crippen LogP contribution in [0.25, 0.3) is 0 Å². The fourth-order valence-corrected chi connectivity index (χ4v) is 6.28. The smallest absolute Gasteiger partial charge is 0.309 e. The lowest BCUT2D eigenvalue weighted by Gasteiger charge is -2.18. The lowest BCUT2D eigenvalue weighted by molar-refractivity contribution is -0.166. The summed E-state index contributed by atoms with van der Waals surface area (Å²) in [5, 5.41) is 0. The van der Waals surface area contributed by atoms with E-state index in [1.807, 2.05) is 6.08 Å². The zero-order chi connectivity index (χ0) is 47.9. The van der Waals surface area contributed by atoms with Crippen LogP contribution in [-0.2, 0) is 28.6 Å². The van der Waals surface area contributed by atoms with Crippen LogP contribution < -0.4 is 0 Å². The molecule has 0 aliphatic rings. The predicted molar refractivity (Wildman–Crippen MR) is 283 cm³/mol. The number of hydrogen-bond acceptors (Lipinski definition) is 6. The first kappa shape index (κ1) is 61.3. The molecule has 0 aromatic carbocycles. The van der Waals surface area contributed by atoms with E-state index < -0.39 is 12.1 Å². The van der Waals surface area contributed by atoms with E-state index >= 15 is 0 Å². The molecule has 0 fully saturated rings. The van der Waals surface area contributed by atoms with E-state index in [0.717, 1.165) is 116 Å². The molecule has 6 heteroatoms. The Kier molecular flexibility index (Phi) is 49.1. The Hall–Kier alpha value is -4.71. The molecule has 1 unspecified atom stereocenters. The molecule has 0 amide bonds. The van der Waals surface area contributed by atoms with E-state index in [9.17, 15) is 14.4 Å². The fraction of sp³-hybridized carbons (Fsp3) is 0.550. The quantitative estimate of drug-likeness (QED) is 0.0262. The molecule has 0 aromatic heterocycles. The standard InChI is InChI=1S/C60H92O6/c1-4-7-10-13-16-19-22-25-28-30-33-35-38-41-44-47-50-53-59(62)65-56-57(55-64-58(61)52-49-46-43-40-37-34-31-27-24-21-18-15-12-9-6-3)66-60(63)54-51-48-45-42-39-36-32-29-26-23-20-17-14-11-8-5-2/h7,9-10,12,16,18-21,23,25,27-29,31-33,35,37,40-41,44,46,49,57H,4-6,8,11,13-15,17,22,24,26,30,34,36,38-39,42-43,45,47-48,50-56H2,1-3H3/b10-7-,12-9-,19-16-,21-18-,23-20-,28-25-,31-27-,32-29-,35-33-,40-37-,44-41-,49-46-. The molecule has 0 spiro atoms. The minimum atomic E-state index is -0.854. The molecule has 0 N–H and O–H groups in total. The average molecular weight is 909 g/mol. The van der Waals surface area contributed by atoms with Gasteiger partial charge in [0.2, 0.25) is 0 Å². The predicted octanol–water partition coefficient (Wildman–Crippen LogP) is 17.3. The van der Waals surface area contributed by atoms with Gasteiger partial charge in [0.25, 0.3) is 0 Å². The first-order valence-electron chi connectivity index (χ1n) is 25.8. The Morgan fingerprint density at radius 2 is 0.667 bits per heavy atom. The molecule has 6 nitrogen and oxygen atoms in total. The molecule has 66 heavy (non-hydrogen) atoms. The zero-order valence-electron chi connectivity index (χ0n) is 41.9. The SMILES string of the molecule is CC/C=C\C/C=C\C/C=C\C/C=C\C/C=C\CCCC(=O)OCC(COC(=O)C/C=C\C/C=C\C/C=C\C/C=C\C/C=C\CC)OC(=O)CCCCCCC/C=C\C/C=C\CCCCCC. The van der Waals surface area contributed by atoms with Crippen LogP contribution >= 0.6 is 0 Å². The van der Waals surface area contributed by atoms with Crippen LogP contribution in [0, 0.1) is 0 Å². The van der Waals surface area contributed by atoms with E-state index in [1.165, 1.54) is 32.1 Å². The largest absolute Gasteiger partial charge is 0.462 e. The average Bonchev–Trinajstić information content (AvgIpc) is 3.31. The number of hydrogen-bond donors (Lipinski definition) is 0. The van der Waals surface area contributed by atoms with Gasteiger partial charge in [0.15, 0.2) is 6.10 Å². The van der Waals surface area contributed by atoms with E-state index in [1.54, 1.807) is 6.08 Å². The molecule has 0 aliphatic carbocycles. The molecule has 0 saturated heterocycles. The summed E-state index contributed by atoms with van der Waals surface area (Å²) in [7, 11) is 0. The molecular formula is C60H92O6. The first-order valence-corrected chi connectivity index (χ1v) is 25.8. The molecule has 0 aliphatic heterocycles. The van der Waals surface area contributed by atoms with Crippen molar-refractivity contribution >= 4 is 17.9 Å². The number of rotatable bonds is 44. The second-order valence-electron chi connectivity index (χ2n) is 16.3. The van der Waals surface area contributed by atoms with Gasteiger partial charge in [-0.3, -0.25) is 14.4 Å². The van der Waals surface area contributed by atoms with E-state index in [0.29, 0.717) is 6.42 Å². The summed E-state index contributed by atoms with van der Waals surface area (Å²) in [5.74, 6) is -1.16. The molecule has 0 heterocycles. The zero-order valence-corrected chi connectivity index (χ0v) is 41.9. The van der Waals surface area contributed by atoms with Crippen molar-refractivity contribution in [2.45, 2.75) is 200 Å². The summed E-state index contributed by atoms with van der Waals surface area (Å²) < 4.78 is 16.6. The van der Waals surface area contributed by atoms with Gasteiger partial charge in [-0.1, -0.05) is 205 Å². The normalized spacial score (nSPS) is 13.3. The van der Waals surface area contributed by atoms with Crippen LogP contribution in [0.15, 0.2) is 146 Å². The lowest BCUT2D eigenvalue weighted by atomic mass is 10.1. The van der Waals surface area contributed by atoms with Gasteiger partial charge in [-0.15, -0.1) is 0 Å². The molecular weight excluding hydrogens is 817 g/mol. The number of unbranched alkanes of at least 4 members (excludes halogenated alkanes) is 10. The molecule has 0 aromatic rings. The Morgan fingerprint density at radius 3 is 1.11 bits per heavy atom. The number of ether oxygens (including phenoxy) is 3. The Balaban J connectivity index is 4.65. The second kappa shape index (κ2) is 52.9. The van der Waals surface area contributed by atoms with Gasteiger partial charge in [-0.2, -0.15) is 0 Å². The number of carbonyl (C=O) groups is 3. The molecule has 368 valence electrons. The van der Waals surface area contributed by atoms with Crippen LogP contribution in [0.1, 0.15) is 194 Å². The third-order valence-corrected chi connectivity index (χ3v) is 10.1. The summed E-state index contributed by atoms with van der Waals surface area (Å²) in [6.45, 7) is 6.21. The highest BCUT2D eigenvalue weighted by Crippen LogP contribution is 2.11. The van der Waals surface area contributed by atoms with Gasteiger partial charge in [0, 0.05) is 12.8 Å². The van der Waals surface area contributed by atoms with Gasteiger partial charge < -0.3 is 14.2 Å². The third kappa shape index (κ3) is 50.3. The maximum absolute atomic E-state index is 12.8. The summed E-state index contributed by atoms with van der Waals surface area (Å²) in [4.78, 5) is 37.9. The fourth-order valence-electron chi connectivity index (χ4n) is 6.28. The minimum Gasteiger partial charge on any atom is -0.462 e. The van der Waals surface area contributed by atoms with E-state index in [2.05, 4.69) is 154 Å². The summed E-state index contributed by atoms with van der Waals surface area (Å²) in [5.41, 5.74) is 0. The van der Waals surface area contributed by atoms with Crippen molar-refractivity contribution in [2.24, 2.45) is 0 Å². The highest BCUT2D eigenvalue weighted by molar-refractivity contribution is 5.72. The molecule has 0 bridgehead atoms. The van der Waals surface area contributed by atoms with Crippen LogP contribution in [0.5, 0.6) is 0 Å². The number of allylic oxidation sites excluding steroid dienone is 23. The lowest BCUT2D eigenvalue weighted by Crippen LogP contribution is -2.30. The van der Waals surface area contributed by atoms with Crippen LogP contribution in [-0.4, -0.2) is 37.2 Å². The summed E-state index contributed by atoms with van der Waals surface area (Å²) in [6, 6.07) is 0. The minimum absolute atomic E-state index is 0.107. The van der Waals surface area contributed by atoms with Gasteiger partial charge in [0.1, 0.15) is 13.2 Å². The molecule has 0 radical (unpaired) electrons. The Morgan fingerprint density at radius 1 is 0.333 bits per heavy atom. The van der Waals surface area contributed by atoms with Crippen molar-refractivity contribution in [1.82, 2.24) is 0 Å². The van der Waals surface area contributed by atoms with Crippen molar-refractivity contribution in [3.63, 3.8) is 0 Å². The Labute approximate surface area is 404 Å². The highest BCUT2D eigenvalue weighted by atomic mass is 16.6. The first-order chi connectivity index (χ1) is 32.5. The van der Waals surface area contributed by atoms with Gasteiger partial charge in [0.05, 0.1) is 6.42 Å². The van der Waals surface area contributed by atoms with Gasteiger partial charge in [-0.05, 0) is 116 Å². The van der Waals surface area contributed by atoms with Crippen molar-refractivity contribution in [3.8, 4) is 0 Å². The number of esters is 3. The second-order valence-corrected chi connectivity index (χ2v) is 16.3. The highest BCUT2D eigenvalue weighted by Gasteiger charge is 2.19. The van der Waals surface area contributed by atoms with Gasteiger partial charge >= 0.3 is 17.9 Å². The maximum atomic E-state index is 12.8. The topological polar surface area (TPSA) is 78.9 Å². The molecule has 1 atom stereocenters. The third-order valence-electron chi connectivity index (χ3n) is 10.1. The van der Waals surface area contributed by atoms with Crippen molar-refractivity contribution in [1.29, 1.82) is 0 Å². The monoisotopic (exact) mass is 909 g/mol. The van der Waals surface area contributed by atoms with Gasteiger partial charge in [-0.25, -0.2) is 0 Å². The van der Waals surface area contributed by atoms with E-state index in [-0.39, 0.29) is 44.4 Å². The number of carbonyl (C=O) groups excluding carboxylic acids is 3. The van der Waals surface area contributed by atoms with Crippen LogP contribution in [0.4, 0.5) is 0 Å². The molecule has 0 rings (SSSR count). The maximum Gasteiger partial charge on any atom is 0.309 e. The van der Waals surface area contributed by atoms with E-state index in [4.69, 9.17) is 14.2 Å². The summed E-state index contributed by atoms with van der Waals surface area (Å²) in [6.07, 6.45) is 75.7. The van der Waals surface area contributed by atoms with Crippen molar-refractivity contribution in [3.05, 3.63) is 146 Å². The van der Waals surface area contributed by atoms with Crippen LogP contribution in [0.3, 0.4) is 0 Å².